The Morgan fingerprint density at radius 1 is 1.17 bits per heavy atom. The van der Waals surface area contributed by atoms with Crippen molar-refractivity contribution in [3.05, 3.63) is 57.6 Å². The van der Waals surface area contributed by atoms with Gasteiger partial charge in [0.2, 0.25) is 0 Å². The Hall–Kier alpha value is -1.69. The van der Waals surface area contributed by atoms with Crippen molar-refractivity contribution in [2.24, 2.45) is 5.92 Å². The third-order valence-corrected chi connectivity index (χ3v) is 6.59. The minimum atomic E-state index is -0.650. The zero-order valence-corrected chi connectivity index (χ0v) is 14.9. The van der Waals surface area contributed by atoms with Crippen LogP contribution in [0.3, 0.4) is 0 Å². The first-order chi connectivity index (χ1) is 11.7. The van der Waals surface area contributed by atoms with Crippen molar-refractivity contribution < 1.29 is 9.90 Å². The molecule has 1 aromatic carbocycles. The van der Waals surface area contributed by atoms with E-state index in [1.165, 1.54) is 21.2 Å². The van der Waals surface area contributed by atoms with Crippen molar-refractivity contribution in [2.75, 3.05) is 13.1 Å². The van der Waals surface area contributed by atoms with E-state index in [2.05, 4.69) is 51.4 Å². The summed E-state index contributed by atoms with van der Waals surface area (Å²) < 4.78 is 1.31. The lowest BCUT2D eigenvalue weighted by Crippen LogP contribution is -2.39. The van der Waals surface area contributed by atoms with Gasteiger partial charge in [0.15, 0.2) is 0 Å². The summed E-state index contributed by atoms with van der Waals surface area (Å²) in [4.78, 5) is 13.7. The van der Waals surface area contributed by atoms with Gasteiger partial charge in [-0.2, -0.15) is 11.3 Å². The predicted molar refractivity (Wildman–Crippen MR) is 99.9 cm³/mol. The first-order valence-corrected chi connectivity index (χ1v) is 10.0. The van der Waals surface area contributed by atoms with Crippen LogP contribution in [0.1, 0.15) is 30.0 Å². The van der Waals surface area contributed by atoms with E-state index in [9.17, 15) is 9.90 Å². The summed E-state index contributed by atoms with van der Waals surface area (Å²) in [6, 6.07) is 11.0. The van der Waals surface area contributed by atoms with Crippen LogP contribution in [0.2, 0.25) is 0 Å². The third kappa shape index (κ3) is 2.88. The number of carboxylic acid groups (broad SMARTS) is 1. The SMILES string of the molecule is O=C(O)C1CCN(C(c2ccsc2)c2csc3ccccc23)CC1. The van der Waals surface area contributed by atoms with Crippen molar-refractivity contribution in [2.45, 2.75) is 18.9 Å². The van der Waals surface area contributed by atoms with E-state index in [-0.39, 0.29) is 12.0 Å². The van der Waals surface area contributed by atoms with Gasteiger partial charge in [-0.3, -0.25) is 9.69 Å². The van der Waals surface area contributed by atoms with E-state index in [0.29, 0.717) is 0 Å². The third-order valence-electron chi connectivity index (χ3n) is 4.91. The minimum Gasteiger partial charge on any atom is -0.481 e. The molecule has 3 heterocycles. The van der Waals surface area contributed by atoms with Gasteiger partial charge in [-0.25, -0.2) is 0 Å². The number of rotatable bonds is 4. The molecule has 0 aliphatic carbocycles. The van der Waals surface area contributed by atoms with E-state index in [1.807, 2.05) is 0 Å². The Morgan fingerprint density at radius 3 is 2.67 bits per heavy atom. The quantitative estimate of drug-likeness (QED) is 0.726. The average molecular weight is 358 g/mol. The topological polar surface area (TPSA) is 40.5 Å². The molecule has 24 heavy (non-hydrogen) atoms. The van der Waals surface area contributed by atoms with Crippen molar-refractivity contribution in [1.29, 1.82) is 0 Å². The molecular weight excluding hydrogens is 338 g/mol. The number of hydrogen-bond donors (Lipinski definition) is 1. The van der Waals surface area contributed by atoms with Gasteiger partial charge in [0.1, 0.15) is 0 Å². The largest absolute Gasteiger partial charge is 0.481 e. The first kappa shape index (κ1) is 15.8. The van der Waals surface area contributed by atoms with Crippen LogP contribution in [0.15, 0.2) is 46.5 Å². The monoisotopic (exact) mass is 357 g/mol. The number of aliphatic carboxylic acids is 1. The Morgan fingerprint density at radius 2 is 1.96 bits per heavy atom. The summed E-state index contributed by atoms with van der Waals surface area (Å²) in [5.41, 5.74) is 2.67. The van der Waals surface area contributed by atoms with Crippen LogP contribution in [0, 0.1) is 5.92 Å². The summed E-state index contributed by atoms with van der Waals surface area (Å²) in [6.07, 6.45) is 1.47. The Balaban J connectivity index is 1.70. The average Bonchev–Trinajstić information content (AvgIpc) is 3.27. The number of likely N-dealkylation sites (tertiary alicyclic amines) is 1. The number of carboxylic acids is 1. The van der Waals surface area contributed by atoms with Crippen LogP contribution in [0.5, 0.6) is 0 Å². The van der Waals surface area contributed by atoms with E-state index in [0.717, 1.165) is 25.9 Å². The molecule has 124 valence electrons. The Bertz CT molecular complexity index is 832. The second-order valence-electron chi connectivity index (χ2n) is 6.29. The highest BCUT2D eigenvalue weighted by molar-refractivity contribution is 7.17. The molecule has 3 nitrogen and oxygen atoms in total. The summed E-state index contributed by atoms with van der Waals surface area (Å²) in [6.45, 7) is 1.67. The zero-order valence-electron chi connectivity index (χ0n) is 13.2. The number of piperidine rings is 1. The number of benzene rings is 1. The molecule has 0 bridgehead atoms. The molecule has 3 aromatic rings. The number of thiophene rings is 2. The van der Waals surface area contributed by atoms with Crippen molar-refractivity contribution in [1.82, 2.24) is 4.90 Å². The standard InChI is InChI=1S/C19H19NO2S2/c21-19(22)13-5-8-20(9-6-13)18(14-7-10-23-11-14)16-12-24-17-4-2-1-3-15(16)17/h1-4,7,10-13,18H,5-6,8-9H2,(H,21,22). The number of nitrogens with zero attached hydrogens (tertiary/aromatic N) is 1. The predicted octanol–water partition coefficient (Wildman–Crippen LogP) is 4.85. The second kappa shape index (κ2) is 6.67. The summed E-state index contributed by atoms with van der Waals surface area (Å²) >= 11 is 3.51. The van der Waals surface area contributed by atoms with E-state index in [4.69, 9.17) is 0 Å². The van der Waals surface area contributed by atoms with Crippen molar-refractivity contribution >= 4 is 38.7 Å². The summed E-state index contributed by atoms with van der Waals surface area (Å²) in [7, 11) is 0. The lowest BCUT2D eigenvalue weighted by molar-refractivity contribution is -0.143. The van der Waals surface area contributed by atoms with Gasteiger partial charge in [0.25, 0.3) is 0 Å². The zero-order chi connectivity index (χ0) is 16.5. The van der Waals surface area contributed by atoms with Crippen LogP contribution in [-0.2, 0) is 4.79 Å². The molecule has 1 atom stereocenters. The summed E-state index contributed by atoms with van der Waals surface area (Å²) in [5, 5.41) is 17.2. The highest BCUT2D eigenvalue weighted by Crippen LogP contribution is 2.39. The molecule has 0 saturated carbocycles. The van der Waals surface area contributed by atoms with E-state index >= 15 is 0 Å². The molecule has 5 heteroatoms. The maximum absolute atomic E-state index is 11.2. The van der Waals surface area contributed by atoms with Crippen LogP contribution in [-0.4, -0.2) is 29.1 Å². The van der Waals surface area contributed by atoms with Gasteiger partial charge in [-0.05, 0) is 70.7 Å². The molecule has 1 unspecified atom stereocenters. The smallest absolute Gasteiger partial charge is 0.306 e. The molecule has 1 saturated heterocycles. The molecule has 1 aliphatic rings. The highest BCUT2D eigenvalue weighted by atomic mass is 32.1. The fraction of sp³-hybridized carbons (Fsp3) is 0.316. The maximum Gasteiger partial charge on any atom is 0.306 e. The fourth-order valence-corrected chi connectivity index (χ4v) is 5.29. The van der Waals surface area contributed by atoms with Crippen LogP contribution < -0.4 is 0 Å². The van der Waals surface area contributed by atoms with Gasteiger partial charge < -0.3 is 5.11 Å². The molecule has 0 spiro atoms. The molecule has 1 aliphatic heterocycles. The summed E-state index contributed by atoms with van der Waals surface area (Å²) in [5.74, 6) is -0.841. The second-order valence-corrected chi connectivity index (χ2v) is 7.99. The maximum atomic E-state index is 11.2. The fourth-order valence-electron chi connectivity index (χ4n) is 3.63. The van der Waals surface area contributed by atoms with Gasteiger partial charge >= 0.3 is 5.97 Å². The van der Waals surface area contributed by atoms with Crippen LogP contribution in [0.4, 0.5) is 0 Å². The van der Waals surface area contributed by atoms with Gasteiger partial charge in [-0.1, -0.05) is 18.2 Å². The van der Waals surface area contributed by atoms with Gasteiger partial charge in [0.05, 0.1) is 12.0 Å². The Kier molecular flexibility index (Phi) is 4.39. The molecule has 4 rings (SSSR count). The lowest BCUT2D eigenvalue weighted by Gasteiger charge is -2.36. The van der Waals surface area contributed by atoms with Crippen LogP contribution >= 0.6 is 22.7 Å². The molecule has 0 amide bonds. The van der Waals surface area contributed by atoms with Gasteiger partial charge in [-0.15, -0.1) is 11.3 Å². The molecule has 1 fully saturated rings. The molecular formula is C19H19NO2S2. The molecule has 2 aromatic heterocycles. The first-order valence-electron chi connectivity index (χ1n) is 8.19. The van der Waals surface area contributed by atoms with Gasteiger partial charge in [0, 0.05) is 4.70 Å². The van der Waals surface area contributed by atoms with Crippen LogP contribution in [0.25, 0.3) is 10.1 Å². The number of carbonyl (C=O) groups is 1. The van der Waals surface area contributed by atoms with Crippen molar-refractivity contribution in [3.8, 4) is 0 Å². The normalized spacial score (nSPS) is 18.0. The number of hydrogen-bond acceptors (Lipinski definition) is 4. The minimum absolute atomic E-state index is 0.191. The highest BCUT2D eigenvalue weighted by Gasteiger charge is 2.31. The number of fused-ring (bicyclic) bond motifs is 1. The molecule has 1 N–H and O–H groups in total. The lowest BCUT2D eigenvalue weighted by atomic mass is 9.92. The van der Waals surface area contributed by atoms with E-state index < -0.39 is 5.97 Å². The Labute approximate surface area is 149 Å². The molecule has 0 radical (unpaired) electrons. The van der Waals surface area contributed by atoms with Crippen molar-refractivity contribution in [3.63, 3.8) is 0 Å². The van der Waals surface area contributed by atoms with E-state index in [1.54, 1.807) is 22.7 Å².